The summed E-state index contributed by atoms with van der Waals surface area (Å²) >= 11 is 6.73. The molecule has 5 aromatic carbocycles. The molecule has 0 aromatic heterocycles. The van der Waals surface area contributed by atoms with E-state index in [-0.39, 0.29) is 22.3 Å². The topological polar surface area (TPSA) is 86.7 Å². The van der Waals surface area contributed by atoms with Crippen molar-refractivity contribution in [2.45, 2.75) is 0 Å². The minimum absolute atomic E-state index is 0.00656. The van der Waals surface area contributed by atoms with Crippen LogP contribution in [-0.2, 0) is 0 Å². The Morgan fingerprint density at radius 2 is 0.667 bits per heavy atom. The molecule has 0 atom stereocenters. The molecule has 5 aromatic rings. The van der Waals surface area contributed by atoms with Gasteiger partial charge in [-0.05, 0) is 103 Å². The Morgan fingerprint density at radius 1 is 0.381 bits per heavy atom. The van der Waals surface area contributed by atoms with Crippen LogP contribution in [0.4, 0.5) is 0 Å². The number of carbonyl (C=O) groups excluding carboxylic acids is 4. The number of hydrogen-bond donors (Lipinski definition) is 0. The standard InChI is InChI=1S/C34H20Br2O6/c35-25-8-16-29(17-9-25)41-27-12-4-21(5-13-27)31(37)33(39)23-2-1-3-24(20-23)34(40)32(38)22-6-14-28(15-7-22)42-30-18-10-26(36)11-19-30/h1-20H. The predicted molar refractivity (Wildman–Crippen MR) is 165 cm³/mol. The van der Waals surface area contributed by atoms with Crippen molar-refractivity contribution in [3.05, 3.63) is 153 Å². The van der Waals surface area contributed by atoms with E-state index in [2.05, 4.69) is 31.9 Å². The highest BCUT2D eigenvalue weighted by Gasteiger charge is 2.23. The second-order valence-corrected chi connectivity index (χ2v) is 10.9. The lowest BCUT2D eigenvalue weighted by Gasteiger charge is -2.08. The van der Waals surface area contributed by atoms with Crippen LogP contribution in [-0.4, -0.2) is 23.1 Å². The van der Waals surface area contributed by atoms with E-state index >= 15 is 0 Å². The van der Waals surface area contributed by atoms with Crippen molar-refractivity contribution in [3.8, 4) is 23.0 Å². The van der Waals surface area contributed by atoms with Crippen LogP contribution in [0.1, 0.15) is 41.4 Å². The Labute approximate surface area is 258 Å². The first-order valence-electron chi connectivity index (χ1n) is 12.6. The summed E-state index contributed by atoms with van der Waals surface area (Å²) in [6.07, 6.45) is 0. The van der Waals surface area contributed by atoms with Gasteiger partial charge in [0.15, 0.2) is 0 Å². The number of halogens is 2. The number of ether oxygens (including phenoxy) is 2. The molecule has 0 saturated carbocycles. The van der Waals surface area contributed by atoms with E-state index in [1.165, 1.54) is 48.5 Å². The highest BCUT2D eigenvalue weighted by molar-refractivity contribution is 9.10. The molecule has 0 aliphatic rings. The predicted octanol–water partition coefficient (Wildman–Crippen LogP) is 8.93. The van der Waals surface area contributed by atoms with Gasteiger partial charge in [0.05, 0.1) is 0 Å². The molecule has 0 fully saturated rings. The summed E-state index contributed by atoms with van der Waals surface area (Å²) < 4.78 is 13.3. The molecule has 0 N–H and O–H groups in total. The second kappa shape index (κ2) is 12.9. The van der Waals surface area contributed by atoms with Gasteiger partial charge in [-0.25, -0.2) is 0 Å². The van der Waals surface area contributed by atoms with Crippen LogP contribution < -0.4 is 9.47 Å². The van der Waals surface area contributed by atoms with Crippen molar-refractivity contribution in [2.75, 3.05) is 0 Å². The first-order chi connectivity index (χ1) is 20.3. The highest BCUT2D eigenvalue weighted by atomic mass is 79.9. The van der Waals surface area contributed by atoms with E-state index in [4.69, 9.17) is 9.47 Å². The number of hydrogen-bond acceptors (Lipinski definition) is 6. The first kappa shape index (κ1) is 28.9. The molecular formula is C34H20Br2O6. The summed E-state index contributed by atoms with van der Waals surface area (Å²) in [6, 6.07) is 32.5. The van der Waals surface area contributed by atoms with E-state index in [1.54, 1.807) is 48.5 Å². The maximum atomic E-state index is 13.0. The zero-order chi connectivity index (χ0) is 29.6. The van der Waals surface area contributed by atoms with Gasteiger partial charge in [-0.15, -0.1) is 0 Å². The fourth-order valence-corrected chi connectivity index (χ4v) is 4.48. The van der Waals surface area contributed by atoms with Crippen LogP contribution in [0, 0.1) is 0 Å². The van der Waals surface area contributed by atoms with Gasteiger partial charge in [-0.1, -0.05) is 50.1 Å². The maximum absolute atomic E-state index is 13.0. The van der Waals surface area contributed by atoms with Crippen molar-refractivity contribution < 1.29 is 28.7 Å². The third-order valence-electron chi connectivity index (χ3n) is 6.13. The molecule has 8 heteroatoms. The Balaban J connectivity index is 1.24. The van der Waals surface area contributed by atoms with E-state index < -0.39 is 23.1 Å². The molecule has 6 nitrogen and oxygen atoms in total. The fraction of sp³-hybridized carbons (Fsp3) is 0. The van der Waals surface area contributed by atoms with Crippen molar-refractivity contribution in [3.63, 3.8) is 0 Å². The second-order valence-electron chi connectivity index (χ2n) is 9.06. The number of carbonyl (C=O) groups is 4. The van der Waals surface area contributed by atoms with Crippen LogP contribution >= 0.6 is 31.9 Å². The molecule has 0 heterocycles. The van der Waals surface area contributed by atoms with Crippen LogP contribution in [0.2, 0.25) is 0 Å². The van der Waals surface area contributed by atoms with Crippen molar-refractivity contribution in [1.29, 1.82) is 0 Å². The monoisotopic (exact) mass is 682 g/mol. The fourth-order valence-electron chi connectivity index (χ4n) is 3.95. The molecule has 42 heavy (non-hydrogen) atoms. The normalized spacial score (nSPS) is 10.5. The Hall–Kier alpha value is -4.66. The molecule has 0 amide bonds. The zero-order valence-corrected chi connectivity index (χ0v) is 24.9. The van der Waals surface area contributed by atoms with Gasteiger partial charge < -0.3 is 9.47 Å². The lowest BCUT2D eigenvalue weighted by Crippen LogP contribution is -2.17. The Kier molecular flexibility index (Phi) is 8.85. The molecule has 5 rings (SSSR count). The maximum Gasteiger partial charge on any atom is 0.233 e. The summed E-state index contributed by atoms with van der Waals surface area (Å²) in [5.74, 6) is -0.851. The molecule has 0 bridgehead atoms. The number of benzene rings is 5. The minimum atomic E-state index is -0.798. The molecule has 206 valence electrons. The van der Waals surface area contributed by atoms with Crippen molar-refractivity contribution in [1.82, 2.24) is 0 Å². The molecule has 0 spiro atoms. The van der Waals surface area contributed by atoms with E-state index in [0.29, 0.717) is 23.0 Å². The van der Waals surface area contributed by atoms with Gasteiger partial charge in [0, 0.05) is 31.2 Å². The molecule has 0 radical (unpaired) electrons. The number of ketones is 4. The third kappa shape index (κ3) is 6.97. The summed E-state index contributed by atoms with van der Waals surface area (Å²) in [7, 11) is 0. The average Bonchev–Trinajstić information content (AvgIpc) is 3.02. The Morgan fingerprint density at radius 3 is 1.00 bits per heavy atom. The van der Waals surface area contributed by atoms with Crippen LogP contribution in [0.3, 0.4) is 0 Å². The SMILES string of the molecule is O=C(C(=O)c1cccc(C(=O)C(=O)c2ccc(Oc3ccc(Br)cc3)cc2)c1)c1ccc(Oc2ccc(Br)cc2)cc1. The molecule has 0 aliphatic heterocycles. The van der Waals surface area contributed by atoms with Gasteiger partial charge in [-0.3, -0.25) is 19.2 Å². The summed E-state index contributed by atoms with van der Waals surface area (Å²) in [5.41, 5.74) is 0.349. The quantitative estimate of drug-likeness (QED) is 0.108. The first-order valence-corrected chi connectivity index (χ1v) is 14.2. The van der Waals surface area contributed by atoms with E-state index in [9.17, 15) is 19.2 Å². The molecule has 0 unspecified atom stereocenters. The molecular weight excluding hydrogens is 664 g/mol. The lowest BCUT2D eigenvalue weighted by molar-refractivity contribution is 0.0812. The van der Waals surface area contributed by atoms with Crippen molar-refractivity contribution >= 4 is 55.0 Å². The summed E-state index contributed by atoms with van der Waals surface area (Å²) in [6.45, 7) is 0. The number of Topliss-reactive ketones (excluding diaryl/α,β-unsaturated/α-hetero) is 4. The average molecular weight is 684 g/mol. The van der Waals surface area contributed by atoms with E-state index in [1.807, 2.05) is 24.3 Å². The van der Waals surface area contributed by atoms with Crippen LogP contribution in [0.5, 0.6) is 23.0 Å². The number of rotatable bonds is 10. The largest absolute Gasteiger partial charge is 0.457 e. The molecule has 0 aliphatic carbocycles. The Bertz CT molecular complexity index is 1650. The van der Waals surface area contributed by atoms with Crippen molar-refractivity contribution in [2.24, 2.45) is 0 Å². The van der Waals surface area contributed by atoms with Gasteiger partial charge in [-0.2, -0.15) is 0 Å². The lowest BCUT2D eigenvalue weighted by atomic mass is 9.96. The zero-order valence-electron chi connectivity index (χ0n) is 21.8. The minimum Gasteiger partial charge on any atom is -0.457 e. The summed E-state index contributed by atoms with van der Waals surface area (Å²) in [5, 5.41) is 0. The third-order valence-corrected chi connectivity index (χ3v) is 7.19. The summed E-state index contributed by atoms with van der Waals surface area (Å²) in [4.78, 5) is 51.8. The van der Waals surface area contributed by atoms with Gasteiger partial charge >= 0.3 is 0 Å². The smallest absolute Gasteiger partial charge is 0.233 e. The van der Waals surface area contributed by atoms with Gasteiger partial charge in [0.1, 0.15) is 23.0 Å². The van der Waals surface area contributed by atoms with Gasteiger partial charge in [0.2, 0.25) is 23.1 Å². The molecule has 0 saturated heterocycles. The van der Waals surface area contributed by atoms with Crippen LogP contribution in [0.25, 0.3) is 0 Å². The van der Waals surface area contributed by atoms with Crippen LogP contribution in [0.15, 0.2) is 130 Å². The van der Waals surface area contributed by atoms with E-state index in [0.717, 1.165) is 8.95 Å². The highest BCUT2D eigenvalue weighted by Crippen LogP contribution is 2.25. The van der Waals surface area contributed by atoms with Gasteiger partial charge in [0.25, 0.3) is 0 Å².